The average Bonchev–Trinajstić information content (AvgIpc) is 2.52. The Balaban J connectivity index is 2.95. The van der Waals surface area contributed by atoms with Crippen LogP contribution in [0, 0.1) is 11.8 Å². The minimum Gasteiger partial charge on any atom is -0.482 e. The molecule has 1 rings (SSSR count). The first-order chi connectivity index (χ1) is 11.3. The number of nitrogens with zero attached hydrogens (tertiary/aromatic N) is 1. The summed E-state index contributed by atoms with van der Waals surface area (Å²) < 4.78 is 57.5. The molecular formula is C16H20F3NO4. The maximum atomic E-state index is 12.2. The predicted molar refractivity (Wildman–Crippen MR) is 80.3 cm³/mol. The van der Waals surface area contributed by atoms with Gasteiger partial charge in [0, 0.05) is 11.8 Å². The van der Waals surface area contributed by atoms with Gasteiger partial charge in [0.2, 0.25) is 0 Å². The summed E-state index contributed by atoms with van der Waals surface area (Å²) in [6.45, 7) is 4.82. The molecule has 0 amide bonds. The van der Waals surface area contributed by atoms with Crippen LogP contribution in [0.15, 0.2) is 18.5 Å². The SMILES string of the molecule is CCOC(C#Cc1cncc(OCC(F)(F)F)c1)(OCC)OCC. The molecule has 0 N–H and O–H groups in total. The van der Waals surface area contributed by atoms with Gasteiger partial charge in [-0.05, 0) is 32.8 Å². The Morgan fingerprint density at radius 2 is 1.58 bits per heavy atom. The second-order valence-corrected chi connectivity index (χ2v) is 4.42. The Hall–Kier alpha value is -1.82. The quantitative estimate of drug-likeness (QED) is 0.534. The van der Waals surface area contributed by atoms with Crippen LogP contribution in [-0.4, -0.2) is 43.6 Å². The van der Waals surface area contributed by atoms with E-state index in [0.29, 0.717) is 25.4 Å². The summed E-state index contributed by atoms with van der Waals surface area (Å²) in [5.41, 5.74) is 0.346. The summed E-state index contributed by atoms with van der Waals surface area (Å²) >= 11 is 0. The number of halogens is 3. The van der Waals surface area contributed by atoms with Crippen LogP contribution in [0.5, 0.6) is 5.75 Å². The van der Waals surface area contributed by atoms with E-state index < -0.39 is 18.8 Å². The Labute approximate surface area is 139 Å². The summed E-state index contributed by atoms with van der Waals surface area (Å²) in [4.78, 5) is 3.81. The molecule has 0 aliphatic rings. The molecule has 1 aromatic rings. The third-order valence-electron chi connectivity index (χ3n) is 2.48. The van der Waals surface area contributed by atoms with Crippen molar-refractivity contribution in [3.8, 4) is 17.6 Å². The maximum absolute atomic E-state index is 12.2. The van der Waals surface area contributed by atoms with Gasteiger partial charge < -0.3 is 18.9 Å². The number of hydrogen-bond donors (Lipinski definition) is 0. The van der Waals surface area contributed by atoms with Gasteiger partial charge in [-0.2, -0.15) is 13.2 Å². The van der Waals surface area contributed by atoms with Crippen molar-refractivity contribution < 1.29 is 32.1 Å². The van der Waals surface area contributed by atoms with Crippen LogP contribution in [0.2, 0.25) is 0 Å². The largest absolute Gasteiger partial charge is 0.482 e. The molecule has 1 aromatic heterocycles. The molecule has 8 heteroatoms. The van der Waals surface area contributed by atoms with Crippen molar-refractivity contribution in [3.05, 3.63) is 24.0 Å². The fraction of sp³-hybridized carbons (Fsp3) is 0.562. The van der Waals surface area contributed by atoms with Crippen molar-refractivity contribution in [2.75, 3.05) is 26.4 Å². The fourth-order valence-electron chi connectivity index (χ4n) is 1.68. The third kappa shape index (κ3) is 7.17. The van der Waals surface area contributed by atoms with Crippen LogP contribution >= 0.6 is 0 Å². The van der Waals surface area contributed by atoms with Crippen molar-refractivity contribution in [3.63, 3.8) is 0 Å². The Morgan fingerprint density at radius 1 is 1.00 bits per heavy atom. The first kappa shape index (κ1) is 20.2. The Kier molecular flexibility index (Phi) is 7.98. The number of ether oxygens (including phenoxy) is 4. The molecule has 0 saturated heterocycles. The minimum absolute atomic E-state index is 0.0334. The van der Waals surface area contributed by atoms with Crippen molar-refractivity contribution in [1.29, 1.82) is 0 Å². The molecule has 0 bridgehead atoms. The highest BCUT2D eigenvalue weighted by Crippen LogP contribution is 2.19. The minimum atomic E-state index is -4.42. The summed E-state index contributed by atoms with van der Waals surface area (Å²) in [6.07, 6.45) is -1.85. The van der Waals surface area contributed by atoms with Crippen LogP contribution in [0.4, 0.5) is 13.2 Å². The lowest BCUT2D eigenvalue weighted by Crippen LogP contribution is -2.38. The zero-order valence-electron chi connectivity index (χ0n) is 13.8. The zero-order valence-corrected chi connectivity index (χ0v) is 13.8. The second-order valence-electron chi connectivity index (χ2n) is 4.42. The third-order valence-corrected chi connectivity index (χ3v) is 2.48. The smallest absolute Gasteiger partial charge is 0.422 e. The lowest BCUT2D eigenvalue weighted by Gasteiger charge is -2.26. The topological polar surface area (TPSA) is 49.8 Å². The summed E-state index contributed by atoms with van der Waals surface area (Å²) in [6, 6.07) is 1.35. The molecule has 1 heterocycles. The van der Waals surface area contributed by atoms with Crippen LogP contribution in [0.3, 0.4) is 0 Å². The van der Waals surface area contributed by atoms with E-state index in [9.17, 15) is 13.2 Å². The fourth-order valence-corrected chi connectivity index (χ4v) is 1.68. The maximum Gasteiger partial charge on any atom is 0.422 e. The predicted octanol–water partition coefficient (Wildman–Crippen LogP) is 3.14. The highest BCUT2D eigenvalue weighted by atomic mass is 19.4. The van der Waals surface area contributed by atoms with E-state index in [1.165, 1.54) is 18.5 Å². The van der Waals surface area contributed by atoms with Crippen molar-refractivity contribution in [1.82, 2.24) is 4.98 Å². The first-order valence-corrected chi connectivity index (χ1v) is 7.43. The summed E-state index contributed by atoms with van der Waals surface area (Å²) in [5.74, 6) is 3.89. The molecule has 0 saturated carbocycles. The Bertz CT molecular complexity index is 549. The van der Waals surface area contributed by atoms with Crippen LogP contribution in [0.1, 0.15) is 26.3 Å². The van der Waals surface area contributed by atoms with Gasteiger partial charge in [0.1, 0.15) is 5.75 Å². The van der Waals surface area contributed by atoms with E-state index >= 15 is 0 Å². The van der Waals surface area contributed by atoms with Gasteiger partial charge in [0.05, 0.1) is 26.0 Å². The lowest BCUT2D eigenvalue weighted by atomic mass is 10.2. The molecule has 0 atom stereocenters. The van der Waals surface area contributed by atoms with Gasteiger partial charge in [-0.3, -0.25) is 4.98 Å². The van der Waals surface area contributed by atoms with E-state index in [0.717, 1.165) is 0 Å². The molecule has 24 heavy (non-hydrogen) atoms. The van der Waals surface area contributed by atoms with E-state index in [4.69, 9.17) is 14.2 Å². The molecule has 0 aromatic carbocycles. The van der Waals surface area contributed by atoms with Gasteiger partial charge in [0.25, 0.3) is 0 Å². The highest BCUT2D eigenvalue weighted by molar-refractivity contribution is 5.37. The van der Waals surface area contributed by atoms with Crippen LogP contribution in [0.25, 0.3) is 0 Å². The van der Waals surface area contributed by atoms with Gasteiger partial charge in [0.15, 0.2) is 6.61 Å². The van der Waals surface area contributed by atoms with E-state index in [1.807, 2.05) is 0 Å². The number of rotatable bonds is 8. The Morgan fingerprint density at radius 3 is 2.08 bits per heavy atom. The molecule has 0 radical (unpaired) electrons. The average molecular weight is 347 g/mol. The molecule has 0 aliphatic carbocycles. The normalized spacial score (nSPS) is 11.8. The number of alkyl halides is 3. The number of hydrogen-bond acceptors (Lipinski definition) is 5. The van der Waals surface area contributed by atoms with Gasteiger partial charge >= 0.3 is 12.1 Å². The van der Waals surface area contributed by atoms with E-state index in [-0.39, 0.29) is 5.75 Å². The molecule has 0 unspecified atom stereocenters. The summed E-state index contributed by atoms with van der Waals surface area (Å²) in [7, 11) is 0. The van der Waals surface area contributed by atoms with Crippen molar-refractivity contribution in [2.24, 2.45) is 0 Å². The monoisotopic (exact) mass is 347 g/mol. The number of pyridine rings is 1. The van der Waals surface area contributed by atoms with Gasteiger partial charge in [-0.25, -0.2) is 0 Å². The second kappa shape index (κ2) is 9.47. The zero-order chi connectivity index (χ0) is 18.1. The first-order valence-electron chi connectivity index (χ1n) is 7.43. The van der Waals surface area contributed by atoms with Crippen LogP contribution < -0.4 is 4.74 Å². The van der Waals surface area contributed by atoms with Crippen LogP contribution in [-0.2, 0) is 14.2 Å². The van der Waals surface area contributed by atoms with Crippen molar-refractivity contribution >= 4 is 0 Å². The van der Waals surface area contributed by atoms with Gasteiger partial charge in [-0.1, -0.05) is 5.92 Å². The standard InChI is InChI=1S/C16H20F3NO4/c1-4-22-16(23-5-2,24-6-3)8-7-13-9-14(11-20-10-13)21-12-15(17,18)19/h9-11H,4-6,12H2,1-3H3. The molecule has 134 valence electrons. The molecule has 0 fully saturated rings. The van der Waals surface area contributed by atoms with Crippen molar-refractivity contribution in [2.45, 2.75) is 32.9 Å². The van der Waals surface area contributed by atoms with E-state index in [2.05, 4.69) is 21.6 Å². The number of aromatic nitrogens is 1. The summed E-state index contributed by atoms with van der Waals surface area (Å²) in [5, 5.41) is 0. The molecular weight excluding hydrogens is 327 g/mol. The molecule has 0 spiro atoms. The lowest BCUT2D eigenvalue weighted by molar-refractivity contribution is -0.339. The van der Waals surface area contributed by atoms with E-state index in [1.54, 1.807) is 20.8 Å². The van der Waals surface area contributed by atoms with Gasteiger partial charge in [-0.15, -0.1) is 0 Å². The highest BCUT2D eigenvalue weighted by Gasteiger charge is 2.30. The molecule has 5 nitrogen and oxygen atoms in total. The molecule has 0 aliphatic heterocycles.